The molecule has 0 spiro atoms. The van der Waals surface area contributed by atoms with Gasteiger partial charge in [0, 0.05) is 18.3 Å². The van der Waals surface area contributed by atoms with Gasteiger partial charge in [-0.15, -0.1) is 0 Å². The van der Waals surface area contributed by atoms with E-state index >= 15 is 0 Å². The van der Waals surface area contributed by atoms with Gasteiger partial charge in [0.25, 0.3) is 0 Å². The van der Waals surface area contributed by atoms with Gasteiger partial charge in [-0.2, -0.15) is 5.10 Å². The molecule has 1 aromatic rings. The molecule has 19 heavy (non-hydrogen) atoms. The fourth-order valence-corrected chi connectivity index (χ4v) is 3.98. The van der Waals surface area contributed by atoms with Crippen LogP contribution in [-0.2, 0) is 7.05 Å². The maximum absolute atomic E-state index is 5.89. The first-order valence-corrected chi connectivity index (χ1v) is 7.40. The molecule has 0 radical (unpaired) electrons. The van der Waals surface area contributed by atoms with Crippen LogP contribution in [0.25, 0.3) is 0 Å². The molecule has 4 nitrogen and oxygen atoms in total. The summed E-state index contributed by atoms with van der Waals surface area (Å²) in [4.78, 5) is 0. The Labute approximate surface area is 116 Å². The second-order valence-corrected chi connectivity index (χ2v) is 6.53. The Balaban J connectivity index is 2.29. The van der Waals surface area contributed by atoms with Gasteiger partial charge in [0.2, 0.25) is 0 Å². The number of nitrogens with zero attached hydrogens (tertiary/aromatic N) is 2. The molecule has 3 unspecified atom stereocenters. The Morgan fingerprint density at radius 3 is 2.21 bits per heavy atom. The fraction of sp³-hybridized carbons (Fsp3) is 0.800. The molecule has 108 valence electrons. The Bertz CT molecular complexity index is 428. The van der Waals surface area contributed by atoms with Crippen LogP contribution in [0.1, 0.15) is 56.1 Å². The first-order chi connectivity index (χ1) is 8.93. The van der Waals surface area contributed by atoms with Crippen molar-refractivity contribution in [1.29, 1.82) is 0 Å². The summed E-state index contributed by atoms with van der Waals surface area (Å²) < 4.78 is 1.96. The molecule has 1 fully saturated rings. The van der Waals surface area contributed by atoms with Crippen molar-refractivity contribution in [2.75, 3.05) is 0 Å². The Hall–Kier alpha value is -0.870. The lowest BCUT2D eigenvalue weighted by Gasteiger charge is -2.36. The minimum Gasteiger partial charge on any atom is -0.272 e. The lowest BCUT2D eigenvalue weighted by Crippen LogP contribution is -2.37. The molecule has 3 N–H and O–H groups in total. The van der Waals surface area contributed by atoms with Gasteiger partial charge < -0.3 is 0 Å². The maximum atomic E-state index is 5.89. The third kappa shape index (κ3) is 2.84. The fourth-order valence-electron chi connectivity index (χ4n) is 3.98. The summed E-state index contributed by atoms with van der Waals surface area (Å²) in [6.07, 6.45) is 3.86. The van der Waals surface area contributed by atoms with Crippen molar-refractivity contribution in [3.63, 3.8) is 0 Å². The highest BCUT2D eigenvalue weighted by Gasteiger charge is 2.32. The molecule has 1 saturated carbocycles. The van der Waals surface area contributed by atoms with E-state index in [2.05, 4.69) is 38.2 Å². The number of aryl methyl sites for hydroxylation is 2. The van der Waals surface area contributed by atoms with Crippen LogP contribution in [0.2, 0.25) is 0 Å². The molecule has 0 saturated heterocycles. The summed E-state index contributed by atoms with van der Waals surface area (Å²) in [6.45, 7) is 8.94. The minimum absolute atomic E-state index is 0.235. The SMILES string of the molecule is Cc1nn(C)c(C)c1C(NN)C1CC(C)CC(C)C1. The van der Waals surface area contributed by atoms with Gasteiger partial charge in [0.05, 0.1) is 11.7 Å². The molecule has 2 rings (SSSR count). The highest BCUT2D eigenvalue weighted by molar-refractivity contribution is 5.28. The van der Waals surface area contributed by atoms with Crippen molar-refractivity contribution < 1.29 is 0 Å². The van der Waals surface area contributed by atoms with Crippen molar-refractivity contribution in [2.24, 2.45) is 30.6 Å². The number of aromatic nitrogens is 2. The maximum Gasteiger partial charge on any atom is 0.0644 e. The van der Waals surface area contributed by atoms with E-state index in [1.807, 2.05) is 11.7 Å². The molecule has 0 bridgehead atoms. The van der Waals surface area contributed by atoms with Gasteiger partial charge in [-0.1, -0.05) is 13.8 Å². The molecule has 3 atom stereocenters. The van der Waals surface area contributed by atoms with Gasteiger partial charge in [0.1, 0.15) is 0 Å². The zero-order chi connectivity index (χ0) is 14.2. The third-order valence-corrected chi connectivity index (χ3v) is 4.74. The molecule has 0 aromatic carbocycles. The summed E-state index contributed by atoms with van der Waals surface area (Å²) in [5.74, 6) is 8.09. The quantitative estimate of drug-likeness (QED) is 0.652. The van der Waals surface area contributed by atoms with Crippen molar-refractivity contribution in [1.82, 2.24) is 15.2 Å². The zero-order valence-corrected chi connectivity index (χ0v) is 12.9. The summed E-state index contributed by atoms with van der Waals surface area (Å²) in [6, 6.07) is 0.235. The normalized spacial score (nSPS) is 29.5. The zero-order valence-electron chi connectivity index (χ0n) is 12.9. The van der Waals surface area contributed by atoms with E-state index in [4.69, 9.17) is 5.84 Å². The van der Waals surface area contributed by atoms with Crippen LogP contribution >= 0.6 is 0 Å². The van der Waals surface area contributed by atoms with Crippen molar-refractivity contribution in [3.05, 3.63) is 17.0 Å². The van der Waals surface area contributed by atoms with E-state index in [1.54, 1.807) is 0 Å². The van der Waals surface area contributed by atoms with Crippen LogP contribution in [0, 0.1) is 31.6 Å². The molecule has 0 aliphatic heterocycles. The average molecular weight is 264 g/mol. The summed E-state index contributed by atoms with van der Waals surface area (Å²) in [7, 11) is 2.01. The topological polar surface area (TPSA) is 55.9 Å². The van der Waals surface area contributed by atoms with Crippen LogP contribution in [0.5, 0.6) is 0 Å². The highest BCUT2D eigenvalue weighted by atomic mass is 15.3. The van der Waals surface area contributed by atoms with Crippen LogP contribution in [0.3, 0.4) is 0 Å². The van der Waals surface area contributed by atoms with Crippen LogP contribution in [-0.4, -0.2) is 9.78 Å². The second-order valence-electron chi connectivity index (χ2n) is 6.53. The van der Waals surface area contributed by atoms with Crippen LogP contribution < -0.4 is 11.3 Å². The lowest BCUT2D eigenvalue weighted by atomic mass is 9.72. The number of hydrogen-bond donors (Lipinski definition) is 2. The minimum atomic E-state index is 0.235. The van der Waals surface area contributed by atoms with E-state index in [-0.39, 0.29) is 6.04 Å². The highest BCUT2D eigenvalue weighted by Crippen LogP contribution is 2.40. The largest absolute Gasteiger partial charge is 0.272 e. The molecule has 1 aliphatic rings. The van der Waals surface area contributed by atoms with Gasteiger partial charge in [0.15, 0.2) is 0 Å². The Morgan fingerprint density at radius 2 is 1.79 bits per heavy atom. The standard InChI is InChI=1S/C15H28N4/c1-9-6-10(2)8-13(7-9)15(17-16)14-11(3)18-19(5)12(14)4/h9-10,13,15,17H,6-8,16H2,1-5H3. The molecule has 4 heteroatoms. The third-order valence-electron chi connectivity index (χ3n) is 4.74. The van der Waals surface area contributed by atoms with E-state index in [0.717, 1.165) is 17.5 Å². The smallest absolute Gasteiger partial charge is 0.0644 e. The van der Waals surface area contributed by atoms with E-state index in [0.29, 0.717) is 5.92 Å². The lowest BCUT2D eigenvalue weighted by molar-refractivity contribution is 0.176. The molecular weight excluding hydrogens is 236 g/mol. The second kappa shape index (κ2) is 5.63. The van der Waals surface area contributed by atoms with Gasteiger partial charge in [-0.3, -0.25) is 16.0 Å². The van der Waals surface area contributed by atoms with E-state index in [9.17, 15) is 0 Å². The molecular formula is C15H28N4. The Kier molecular flexibility index (Phi) is 4.31. The summed E-state index contributed by atoms with van der Waals surface area (Å²) in [5.41, 5.74) is 6.71. The number of nitrogens with two attached hydrogens (primary N) is 1. The number of hydrazine groups is 1. The van der Waals surface area contributed by atoms with Crippen molar-refractivity contribution in [3.8, 4) is 0 Å². The van der Waals surface area contributed by atoms with Gasteiger partial charge in [-0.25, -0.2) is 0 Å². The predicted octanol–water partition coefficient (Wildman–Crippen LogP) is 2.61. The molecule has 1 aromatic heterocycles. The predicted molar refractivity (Wildman–Crippen MR) is 78.4 cm³/mol. The first-order valence-electron chi connectivity index (χ1n) is 7.40. The van der Waals surface area contributed by atoms with Crippen molar-refractivity contribution in [2.45, 2.75) is 53.0 Å². The molecule has 1 heterocycles. The van der Waals surface area contributed by atoms with Crippen LogP contribution in [0.4, 0.5) is 0 Å². The Morgan fingerprint density at radius 1 is 1.21 bits per heavy atom. The van der Waals surface area contributed by atoms with Gasteiger partial charge >= 0.3 is 0 Å². The monoisotopic (exact) mass is 264 g/mol. The first kappa shape index (κ1) is 14.5. The van der Waals surface area contributed by atoms with E-state index in [1.165, 1.54) is 30.5 Å². The van der Waals surface area contributed by atoms with Crippen molar-refractivity contribution >= 4 is 0 Å². The average Bonchev–Trinajstić information content (AvgIpc) is 2.56. The van der Waals surface area contributed by atoms with Gasteiger partial charge in [-0.05, 0) is 50.9 Å². The summed E-state index contributed by atoms with van der Waals surface area (Å²) in [5, 5.41) is 4.53. The molecule has 0 amide bonds. The number of nitrogens with one attached hydrogen (secondary N) is 1. The number of rotatable bonds is 3. The number of hydrogen-bond acceptors (Lipinski definition) is 3. The summed E-state index contributed by atoms with van der Waals surface area (Å²) >= 11 is 0. The van der Waals surface area contributed by atoms with Crippen LogP contribution in [0.15, 0.2) is 0 Å². The van der Waals surface area contributed by atoms with E-state index < -0.39 is 0 Å². The molecule has 1 aliphatic carbocycles.